The fraction of sp³-hybridized carbons (Fsp3) is 0.400. The summed E-state index contributed by atoms with van der Waals surface area (Å²) in [6.07, 6.45) is 0.882. The minimum Gasteiger partial charge on any atom is -0.349 e. The quantitative estimate of drug-likeness (QED) is 0.805. The number of aryl methyl sites for hydroxylation is 1. The van der Waals surface area contributed by atoms with Crippen molar-refractivity contribution in [1.82, 2.24) is 24.9 Å². The van der Waals surface area contributed by atoms with Gasteiger partial charge in [-0.15, -0.1) is 0 Å². The van der Waals surface area contributed by atoms with Crippen LogP contribution < -0.4 is 5.32 Å². The molecule has 2 aromatic rings. The molecule has 2 aromatic heterocycles. The second kappa shape index (κ2) is 4.62. The molecule has 0 bridgehead atoms. The second-order valence-corrected chi connectivity index (χ2v) is 4.12. The van der Waals surface area contributed by atoms with Crippen LogP contribution in [0.25, 0.3) is 5.78 Å². The summed E-state index contributed by atoms with van der Waals surface area (Å²) < 4.78 is 2.10. The average molecular weight is 251 g/mol. The third-order valence-electron chi connectivity index (χ3n) is 2.28. The monoisotopic (exact) mass is 251 g/mol. The largest absolute Gasteiger partial charge is 0.349 e. The number of amides is 1. The van der Waals surface area contributed by atoms with E-state index >= 15 is 0 Å². The molecule has 0 radical (unpaired) electrons. The number of hydrogen-bond acceptors (Lipinski definition) is 4. The molecule has 0 fully saturated rings. The molecular weight excluding hydrogens is 238 g/mol. The van der Waals surface area contributed by atoms with Gasteiger partial charge in [0.05, 0.1) is 0 Å². The molecule has 17 heavy (non-hydrogen) atoms. The zero-order valence-corrected chi connectivity index (χ0v) is 10.5. The van der Waals surface area contributed by atoms with Crippen LogP contribution in [-0.4, -0.2) is 32.0 Å². The van der Waals surface area contributed by atoms with Crippen molar-refractivity contribution >= 4 is 23.9 Å². The van der Waals surface area contributed by atoms with Crippen LogP contribution >= 0.6 is 12.2 Å². The minimum absolute atomic E-state index is 0.234. The summed E-state index contributed by atoms with van der Waals surface area (Å²) >= 11 is 4.99. The van der Waals surface area contributed by atoms with Crippen LogP contribution in [0.5, 0.6) is 0 Å². The maximum absolute atomic E-state index is 11.7. The van der Waals surface area contributed by atoms with E-state index in [9.17, 15) is 4.79 Å². The molecule has 1 amide bonds. The van der Waals surface area contributed by atoms with E-state index in [0.29, 0.717) is 17.0 Å². The Balaban J connectivity index is 2.41. The molecule has 0 unspecified atom stereocenters. The summed E-state index contributed by atoms with van der Waals surface area (Å²) in [6, 6.07) is 1.74. The SMILES string of the molecule is CCCNC(=O)c1nc2nc(=S)cc(C)n2[nH]1. The third-order valence-corrected chi connectivity index (χ3v) is 2.48. The number of hydrogen-bond donors (Lipinski definition) is 2. The van der Waals surface area contributed by atoms with Gasteiger partial charge in [0.2, 0.25) is 5.82 Å². The van der Waals surface area contributed by atoms with E-state index < -0.39 is 0 Å². The van der Waals surface area contributed by atoms with Crippen molar-refractivity contribution in [2.45, 2.75) is 20.3 Å². The van der Waals surface area contributed by atoms with E-state index in [4.69, 9.17) is 12.2 Å². The number of nitrogens with zero attached hydrogens (tertiary/aromatic N) is 3. The molecule has 2 N–H and O–H groups in total. The highest BCUT2D eigenvalue weighted by molar-refractivity contribution is 7.71. The van der Waals surface area contributed by atoms with Gasteiger partial charge in [-0.3, -0.25) is 9.89 Å². The van der Waals surface area contributed by atoms with Gasteiger partial charge in [-0.25, -0.2) is 4.52 Å². The van der Waals surface area contributed by atoms with Crippen LogP contribution in [0.3, 0.4) is 0 Å². The van der Waals surface area contributed by atoms with Gasteiger partial charge in [0.15, 0.2) is 0 Å². The Kier molecular flexibility index (Phi) is 3.19. The van der Waals surface area contributed by atoms with Crippen LogP contribution in [-0.2, 0) is 0 Å². The summed E-state index contributed by atoms with van der Waals surface area (Å²) in [4.78, 5) is 19.9. The fourth-order valence-corrected chi connectivity index (χ4v) is 1.70. The lowest BCUT2D eigenvalue weighted by molar-refractivity contribution is 0.0943. The Morgan fingerprint density at radius 1 is 1.59 bits per heavy atom. The molecule has 6 nitrogen and oxygen atoms in total. The predicted molar refractivity (Wildman–Crippen MR) is 65.5 cm³/mol. The highest BCUT2D eigenvalue weighted by atomic mass is 32.1. The molecule has 0 spiro atoms. The lowest BCUT2D eigenvalue weighted by Crippen LogP contribution is -2.25. The van der Waals surface area contributed by atoms with Crippen LogP contribution in [0.15, 0.2) is 6.07 Å². The smallest absolute Gasteiger partial charge is 0.288 e. The molecule has 0 aliphatic heterocycles. The van der Waals surface area contributed by atoms with Crippen molar-refractivity contribution in [1.29, 1.82) is 0 Å². The molecule has 0 aromatic carbocycles. The van der Waals surface area contributed by atoms with Gasteiger partial charge in [-0.05, 0) is 19.4 Å². The average Bonchev–Trinajstić information content (AvgIpc) is 2.69. The number of nitrogens with one attached hydrogen (secondary N) is 2. The number of H-pyrrole nitrogens is 1. The van der Waals surface area contributed by atoms with Crippen molar-refractivity contribution < 1.29 is 4.79 Å². The van der Waals surface area contributed by atoms with Gasteiger partial charge in [0.1, 0.15) is 4.64 Å². The summed E-state index contributed by atoms with van der Waals surface area (Å²) in [6.45, 7) is 4.48. The Morgan fingerprint density at radius 2 is 2.35 bits per heavy atom. The minimum atomic E-state index is -0.234. The van der Waals surface area contributed by atoms with E-state index in [2.05, 4.69) is 20.4 Å². The fourth-order valence-electron chi connectivity index (χ4n) is 1.45. The van der Waals surface area contributed by atoms with E-state index in [-0.39, 0.29) is 11.7 Å². The molecule has 0 aliphatic rings. The summed E-state index contributed by atoms with van der Waals surface area (Å²) in [5.74, 6) is 0.425. The van der Waals surface area contributed by atoms with Crippen molar-refractivity contribution in [3.8, 4) is 0 Å². The second-order valence-electron chi connectivity index (χ2n) is 3.70. The van der Waals surface area contributed by atoms with Gasteiger partial charge >= 0.3 is 0 Å². The first kappa shape index (κ1) is 11.7. The molecule has 2 rings (SSSR count). The molecule has 0 atom stereocenters. The third kappa shape index (κ3) is 2.33. The number of aromatic amines is 1. The lowest BCUT2D eigenvalue weighted by atomic mass is 10.4. The number of aromatic nitrogens is 4. The zero-order valence-electron chi connectivity index (χ0n) is 9.65. The van der Waals surface area contributed by atoms with Gasteiger partial charge in [0, 0.05) is 12.2 Å². The topological polar surface area (TPSA) is 75.1 Å². The molecule has 0 saturated carbocycles. The first-order valence-electron chi connectivity index (χ1n) is 5.36. The normalized spacial score (nSPS) is 10.7. The Bertz CT molecular complexity index is 615. The highest BCUT2D eigenvalue weighted by Crippen LogP contribution is 2.03. The van der Waals surface area contributed by atoms with Crippen LogP contribution in [0.1, 0.15) is 29.7 Å². The Labute approximate surface area is 103 Å². The van der Waals surface area contributed by atoms with Crippen molar-refractivity contribution in [2.24, 2.45) is 0 Å². The highest BCUT2D eigenvalue weighted by Gasteiger charge is 2.11. The summed E-state index contributed by atoms with van der Waals surface area (Å²) in [5, 5.41) is 5.63. The molecular formula is C10H13N5OS. The van der Waals surface area contributed by atoms with E-state index in [1.807, 2.05) is 13.8 Å². The maximum Gasteiger partial charge on any atom is 0.288 e. The molecule has 2 heterocycles. The van der Waals surface area contributed by atoms with E-state index in [0.717, 1.165) is 12.1 Å². The number of carbonyl (C=O) groups excluding carboxylic acids is 1. The lowest BCUT2D eigenvalue weighted by Gasteiger charge is -1.98. The Hall–Kier alpha value is -1.76. The van der Waals surface area contributed by atoms with Crippen molar-refractivity contribution in [3.05, 3.63) is 22.2 Å². The predicted octanol–water partition coefficient (Wildman–Crippen LogP) is 1.24. The van der Waals surface area contributed by atoms with Crippen molar-refractivity contribution in [3.63, 3.8) is 0 Å². The first-order chi connectivity index (χ1) is 8.11. The zero-order chi connectivity index (χ0) is 12.4. The molecule has 90 valence electrons. The molecule has 7 heteroatoms. The van der Waals surface area contributed by atoms with Crippen LogP contribution in [0, 0.1) is 11.6 Å². The number of rotatable bonds is 3. The van der Waals surface area contributed by atoms with Crippen LogP contribution in [0.4, 0.5) is 0 Å². The van der Waals surface area contributed by atoms with E-state index in [1.54, 1.807) is 10.6 Å². The molecule has 0 aliphatic carbocycles. The summed E-state index contributed by atoms with van der Waals surface area (Å²) in [7, 11) is 0. The Morgan fingerprint density at radius 3 is 3.06 bits per heavy atom. The standard InChI is InChI=1S/C10H13N5OS/c1-3-4-11-9(16)8-13-10-12-7(17)5-6(2)15(10)14-8/h5H,3-4H2,1-2H3,(H,11,16)(H,12,13,14,17). The summed E-state index contributed by atoms with van der Waals surface area (Å²) in [5.41, 5.74) is 0.863. The first-order valence-corrected chi connectivity index (χ1v) is 5.77. The van der Waals surface area contributed by atoms with Gasteiger partial charge in [-0.2, -0.15) is 9.97 Å². The van der Waals surface area contributed by atoms with Crippen molar-refractivity contribution in [2.75, 3.05) is 6.54 Å². The molecule has 0 saturated heterocycles. The van der Waals surface area contributed by atoms with Gasteiger partial charge in [0.25, 0.3) is 11.7 Å². The number of fused-ring (bicyclic) bond motifs is 1. The van der Waals surface area contributed by atoms with Crippen LogP contribution in [0.2, 0.25) is 0 Å². The van der Waals surface area contributed by atoms with Gasteiger partial charge < -0.3 is 5.32 Å². The maximum atomic E-state index is 11.7. The van der Waals surface area contributed by atoms with E-state index in [1.165, 1.54) is 0 Å². The number of carbonyl (C=O) groups is 1. The van der Waals surface area contributed by atoms with Gasteiger partial charge in [-0.1, -0.05) is 19.1 Å².